The maximum atomic E-state index is 13.8. The van der Waals surface area contributed by atoms with E-state index in [2.05, 4.69) is 9.97 Å². The normalized spacial score (nSPS) is 14.5. The summed E-state index contributed by atoms with van der Waals surface area (Å²) in [6.45, 7) is 4.38. The fraction of sp³-hybridized carbons (Fsp3) is 0.438. The van der Waals surface area contributed by atoms with Crippen molar-refractivity contribution in [2.24, 2.45) is 5.92 Å². The molecule has 1 heterocycles. The smallest absolute Gasteiger partial charge is 0.255 e. The average molecular weight is 287 g/mol. The van der Waals surface area contributed by atoms with Gasteiger partial charge in [-0.15, -0.1) is 0 Å². The molecule has 5 heteroatoms. The van der Waals surface area contributed by atoms with Gasteiger partial charge in [0, 0.05) is 19.7 Å². The maximum absolute atomic E-state index is 13.8. The van der Waals surface area contributed by atoms with Gasteiger partial charge in [0.25, 0.3) is 5.91 Å². The van der Waals surface area contributed by atoms with E-state index in [9.17, 15) is 9.18 Å². The number of hydrogen-bond donors (Lipinski definition) is 0. The van der Waals surface area contributed by atoms with E-state index < -0.39 is 5.82 Å². The molecule has 0 N–H and O–H groups in total. The van der Waals surface area contributed by atoms with Crippen LogP contribution in [-0.4, -0.2) is 34.4 Å². The molecular formula is C16H18FN3O. The summed E-state index contributed by atoms with van der Waals surface area (Å²) in [4.78, 5) is 23.0. The highest BCUT2D eigenvalue weighted by Gasteiger charge is 2.26. The van der Waals surface area contributed by atoms with Crippen molar-refractivity contribution in [3.63, 3.8) is 0 Å². The Morgan fingerprint density at radius 1 is 1.29 bits per heavy atom. The molecule has 0 atom stereocenters. The number of benzene rings is 1. The highest BCUT2D eigenvalue weighted by molar-refractivity contribution is 6.04. The van der Waals surface area contributed by atoms with Gasteiger partial charge in [0.1, 0.15) is 11.3 Å². The first kappa shape index (κ1) is 13.9. The minimum Gasteiger partial charge on any atom is -0.341 e. The van der Waals surface area contributed by atoms with E-state index in [0.717, 1.165) is 17.9 Å². The largest absolute Gasteiger partial charge is 0.341 e. The summed E-state index contributed by atoms with van der Waals surface area (Å²) in [6.07, 6.45) is 2.33. The molecule has 4 nitrogen and oxygen atoms in total. The van der Waals surface area contributed by atoms with Crippen molar-refractivity contribution < 1.29 is 9.18 Å². The van der Waals surface area contributed by atoms with Crippen molar-refractivity contribution in [3.05, 3.63) is 34.9 Å². The molecule has 0 aliphatic heterocycles. The lowest BCUT2D eigenvalue weighted by atomic mass is 10.1. The van der Waals surface area contributed by atoms with Crippen molar-refractivity contribution in [3.8, 4) is 0 Å². The van der Waals surface area contributed by atoms with E-state index in [1.165, 1.54) is 25.0 Å². The summed E-state index contributed by atoms with van der Waals surface area (Å²) < 4.78 is 13.8. The lowest BCUT2D eigenvalue weighted by Crippen LogP contribution is -2.29. The Morgan fingerprint density at radius 3 is 2.62 bits per heavy atom. The SMILES string of the molecule is Cc1nc2cc(F)cc(C(=O)N(C)CC3CC3)c2nc1C. The zero-order valence-corrected chi connectivity index (χ0v) is 12.5. The van der Waals surface area contributed by atoms with Crippen LogP contribution in [0.1, 0.15) is 34.6 Å². The number of aromatic nitrogens is 2. The van der Waals surface area contributed by atoms with Crippen LogP contribution in [0, 0.1) is 25.6 Å². The van der Waals surface area contributed by atoms with Gasteiger partial charge >= 0.3 is 0 Å². The Balaban J connectivity index is 2.07. The minimum atomic E-state index is -0.455. The second-order valence-corrected chi connectivity index (χ2v) is 5.84. The third kappa shape index (κ3) is 2.73. The van der Waals surface area contributed by atoms with Gasteiger partial charge in [-0.25, -0.2) is 14.4 Å². The molecule has 0 bridgehead atoms. The Hall–Kier alpha value is -2.04. The Bertz CT molecular complexity index is 725. The lowest BCUT2D eigenvalue weighted by Gasteiger charge is -2.18. The monoisotopic (exact) mass is 287 g/mol. The molecule has 1 aliphatic carbocycles. The topological polar surface area (TPSA) is 46.1 Å². The Labute approximate surface area is 123 Å². The molecule has 1 amide bonds. The molecule has 1 aromatic carbocycles. The molecule has 0 saturated heterocycles. The molecule has 3 rings (SSSR count). The van der Waals surface area contributed by atoms with Crippen LogP contribution in [0.3, 0.4) is 0 Å². The van der Waals surface area contributed by atoms with E-state index in [1.54, 1.807) is 11.9 Å². The number of halogens is 1. The van der Waals surface area contributed by atoms with Crippen molar-refractivity contribution in [2.75, 3.05) is 13.6 Å². The summed E-state index contributed by atoms with van der Waals surface area (Å²) in [5.74, 6) is -0.0546. The molecule has 110 valence electrons. The van der Waals surface area contributed by atoms with Crippen LogP contribution in [0.25, 0.3) is 11.0 Å². The maximum Gasteiger partial charge on any atom is 0.255 e. The van der Waals surface area contributed by atoms with Crippen molar-refractivity contribution in [2.45, 2.75) is 26.7 Å². The number of fused-ring (bicyclic) bond motifs is 1. The van der Waals surface area contributed by atoms with E-state index in [0.29, 0.717) is 22.5 Å². The van der Waals surface area contributed by atoms with Gasteiger partial charge in [0.2, 0.25) is 0 Å². The number of rotatable bonds is 3. The fourth-order valence-electron chi connectivity index (χ4n) is 2.44. The van der Waals surface area contributed by atoms with Gasteiger partial charge in [0.15, 0.2) is 0 Å². The number of aryl methyl sites for hydroxylation is 2. The first-order valence-corrected chi connectivity index (χ1v) is 7.15. The van der Waals surface area contributed by atoms with Gasteiger partial charge in [0.05, 0.1) is 22.5 Å². The first-order chi connectivity index (χ1) is 9.95. The quantitative estimate of drug-likeness (QED) is 0.872. The van der Waals surface area contributed by atoms with Gasteiger partial charge < -0.3 is 4.90 Å². The molecule has 0 spiro atoms. The minimum absolute atomic E-state index is 0.191. The molecule has 2 aromatic rings. The van der Waals surface area contributed by atoms with Crippen LogP contribution < -0.4 is 0 Å². The zero-order chi connectivity index (χ0) is 15.1. The van der Waals surface area contributed by atoms with Crippen LogP contribution in [0.5, 0.6) is 0 Å². The third-order valence-corrected chi connectivity index (χ3v) is 3.95. The van der Waals surface area contributed by atoms with Crippen LogP contribution in [0.15, 0.2) is 12.1 Å². The van der Waals surface area contributed by atoms with Gasteiger partial charge in [-0.05, 0) is 38.7 Å². The van der Waals surface area contributed by atoms with E-state index in [4.69, 9.17) is 0 Å². The molecular weight excluding hydrogens is 269 g/mol. The second-order valence-electron chi connectivity index (χ2n) is 5.84. The highest BCUT2D eigenvalue weighted by Crippen LogP contribution is 2.30. The summed E-state index contributed by atoms with van der Waals surface area (Å²) in [7, 11) is 1.76. The fourth-order valence-corrected chi connectivity index (χ4v) is 2.44. The molecule has 1 aromatic heterocycles. The number of hydrogen-bond acceptors (Lipinski definition) is 3. The molecule has 0 radical (unpaired) electrons. The standard InChI is InChI=1S/C16H18FN3O/c1-9-10(2)19-15-13(6-12(17)7-14(15)18-9)16(21)20(3)8-11-4-5-11/h6-7,11H,4-5,8H2,1-3H3. The summed E-state index contributed by atoms with van der Waals surface area (Å²) in [5, 5.41) is 0. The molecule has 1 saturated carbocycles. The highest BCUT2D eigenvalue weighted by atomic mass is 19.1. The lowest BCUT2D eigenvalue weighted by molar-refractivity contribution is 0.0790. The van der Waals surface area contributed by atoms with E-state index >= 15 is 0 Å². The van der Waals surface area contributed by atoms with E-state index in [1.807, 2.05) is 13.8 Å². The van der Waals surface area contributed by atoms with Crippen molar-refractivity contribution >= 4 is 16.9 Å². The Kier molecular flexibility index (Phi) is 3.35. The molecule has 1 aliphatic rings. The summed E-state index contributed by atoms with van der Waals surface area (Å²) >= 11 is 0. The Morgan fingerprint density at radius 2 is 1.95 bits per heavy atom. The van der Waals surface area contributed by atoms with E-state index in [-0.39, 0.29) is 5.91 Å². The van der Waals surface area contributed by atoms with Crippen LogP contribution >= 0.6 is 0 Å². The van der Waals surface area contributed by atoms with Crippen LogP contribution in [0.2, 0.25) is 0 Å². The summed E-state index contributed by atoms with van der Waals surface area (Å²) in [6, 6.07) is 2.59. The zero-order valence-electron chi connectivity index (χ0n) is 12.5. The number of amides is 1. The van der Waals surface area contributed by atoms with Gasteiger partial charge in [-0.2, -0.15) is 0 Å². The average Bonchev–Trinajstić information content (AvgIpc) is 3.23. The van der Waals surface area contributed by atoms with Crippen molar-refractivity contribution in [1.29, 1.82) is 0 Å². The van der Waals surface area contributed by atoms with Crippen LogP contribution in [0.4, 0.5) is 4.39 Å². The van der Waals surface area contributed by atoms with Gasteiger partial charge in [-0.3, -0.25) is 4.79 Å². The number of carbonyl (C=O) groups excluding carboxylic acids is 1. The number of nitrogens with zero attached hydrogens (tertiary/aromatic N) is 3. The molecule has 0 unspecified atom stereocenters. The second kappa shape index (κ2) is 5.06. The van der Waals surface area contributed by atoms with Crippen molar-refractivity contribution in [1.82, 2.24) is 14.9 Å². The van der Waals surface area contributed by atoms with Crippen LogP contribution in [-0.2, 0) is 0 Å². The predicted molar refractivity (Wildman–Crippen MR) is 78.7 cm³/mol. The number of carbonyl (C=O) groups is 1. The molecule has 1 fully saturated rings. The predicted octanol–water partition coefficient (Wildman–Crippen LogP) is 2.87. The summed E-state index contributed by atoms with van der Waals surface area (Å²) in [5.41, 5.74) is 2.71. The first-order valence-electron chi connectivity index (χ1n) is 7.15. The van der Waals surface area contributed by atoms with Gasteiger partial charge in [-0.1, -0.05) is 0 Å². The third-order valence-electron chi connectivity index (χ3n) is 3.95. The molecule has 21 heavy (non-hydrogen) atoms.